The van der Waals surface area contributed by atoms with Crippen molar-refractivity contribution < 1.29 is 4.74 Å². The van der Waals surface area contributed by atoms with Crippen LogP contribution in [0.1, 0.15) is 18.4 Å². The first-order valence-electron chi connectivity index (χ1n) is 6.81. The molecule has 0 unspecified atom stereocenters. The quantitative estimate of drug-likeness (QED) is 0.839. The summed E-state index contributed by atoms with van der Waals surface area (Å²) in [6.45, 7) is 1.39. The van der Waals surface area contributed by atoms with Crippen LogP contribution in [0.5, 0.6) is 5.88 Å². The largest absolute Gasteiger partial charge is 0.476 e. The summed E-state index contributed by atoms with van der Waals surface area (Å²) in [6.07, 6.45) is 6.29. The van der Waals surface area contributed by atoms with Gasteiger partial charge in [-0.05, 0) is 30.9 Å². The highest BCUT2D eigenvalue weighted by Crippen LogP contribution is 2.30. The minimum absolute atomic E-state index is 0.521. The third-order valence-corrected chi connectivity index (χ3v) is 3.27. The van der Waals surface area contributed by atoms with E-state index < -0.39 is 0 Å². The molecule has 0 amide bonds. The third kappa shape index (κ3) is 3.20. The molecule has 0 atom stereocenters. The first-order chi connectivity index (χ1) is 9.70. The Kier molecular flexibility index (Phi) is 3.45. The maximum atomic E-state index is 5.88. The Balaban J connectivity index is 1.61. The van der Waals surface area contributed by atoms with E-state index in [0.29, 0.717) is 30.6 Å². The van der Waals surface area contributed by atoms with Crippen molar-refractivity contribution in [3.05, 3.63) is 30.1 Å². The normalized spacial score (nSPS) is 14.2. The molecule has 20 heavy (non-hydrogen) atoms. The van der Waals surface area contributed by atoms with Crippen LogP contribution in [0.4, 0.5) is 11.5 Å². The van der Waals surface area contributed by atoms with Gasteiger partial charge < -0.3 is 15.8 Å². The van der Waals surface area contributed by atoms with Gasteiger partial charge in [-0.3, -0.25) is 4.68 Å². The zero-order valence-electron chi connectivity index (χ0n) is 11.5. The second kappa shape index (κ2) is 5.40. The number of aryl methyl sites for hydroxylation is 1. The van der Waals surface area contributed by atoms with Gasteiger partial charge in [0.25, 0.3) is 0 Å². The number of ether oxygens (including phenoxy) is 1. The maximum Gasteiger partial charge on any atom is 0.239 e. The van der Waals surface area contributed by atoms with Gasteiger partial charge in [-0.2, -0.15) is 10.1 Å². The van der Waals surface area contributed by atoms with Crippen LogP contribution in [0.2, 0.25) is 0 Å². The second-order valence-electron chi connectivity index (χ2n) is 5.22. The van der Waals surface area contributed by atoms with Gasteiger partial charge in [0, 0.05) is 25.4 Å². The average molecular weight is 273 g/mol. The minimum Gasteiger partial charge on any atom is -0.476 e. The molecule has 6 heteroatoms. The van der Waals surface area contributed by atoms with Crippen molar-refractivity contribution in [3.63, 3.8) is 0 Å². The summed E-state index contributed by atoms with van der Waals surface area (Å²) >= 11 is 0. The fourth-order valence-corrected chi connectivity index (χ4v) is 1.90. The molecule has 3 N–H and O–H groups in total. The monoisotopic (exact) mass is 273 g/mol. The molecule has 1 aliphatic carbocycles. The standard InChI is InChI=1S/C14H19N5O/c1-19-8-11(7-17-19)6-16-13-5-4-12(15)14(18-13)20-9-10-2-3-10/h4-5,7-8,10H,2-3,6,9,15H2,1H3,(H,16,18). The second-order valence-corrected chi connectivity index (χ2v) is 5.22. The van der Waals surface area contributed by atoms with Gasteiger partial charge in [0.1, 0.15) is 5.82 Å². The Morgan fingerprint density at radius 1 is 1.45 bits per heavy atom. The molecule has 3 rings (SSSR count). The third-order valence-electron chi connectivity index (χ3n) is 3.27. The molecule has 0 aliphatic heterocycles. The zero-order valence-corrected chi connectivity index (χ0v) is 11.5. The molecule has 2 aromatic rings. The van der Waals surface area contributed by atoms with E-state index in [1.165, 1.54) is 12.8 Å². The van der Waals surface area contributed by atoms with Gasteiger partial charge in [0.05, 0.1) is 18.5 Å². The number of aromatic nitrogens is 3. The minimum atomic E-state index is 0.521. The predicted octanol–water partition coefficient (Wildman–Crippen LogP) is 1.80. The molecule has 0 aromatic carbocycles. The number of nitrogens with one attached hydrogen (secondary N) is 1. The van der Waals surface area contributed by atoms with Crippen LogP contribution < -0.4 is 15.8 Å². The van der Waals surface area contributed by atoms with Gasteiger partial charge in [-0.1, -0.05) is 0 Å². The van der Waals surface area contributed by atoms with Crippen LogP contribution in [-0.4, -0.2) is 21.4 Å². The zero-order chi connectivity index (χ0) is 13.9. The van der Waals surface area contributed by atoms with Crippen LogP contribution in [-0.2, 0) is 13.6 Å². The van der Waals surface area contributed by atoms with E-state index >= 15 is 0 Å². The lowest BCUT2D eigenvalue weighted by Gasteiger charge is -2.10. The van der Waals surface area contributed by atoms with Crippen molar-refractivity contribution in [2.24, 2.45) is 13.0 Å². The van der Waals surface area contributed by atoms with Gasteiger partial charge in [0.15, 0.2) is 0 Å². The Morgan fingerprint density at radius 3 is 3.00 bits per heavy atom. The van der Waals surface area contributed by atoms with Crippen LogP contribution in [0, 0.1) is 5.92 Å². The van der Waals surface area contributed by atoms with Gasteiger partial charge in [-0.15, -0.1) is 0 Å². The Hall–Kier alpha value is -2.24. The molecule has 106 valence electrons. The van der Waals surface area contributed by atoms with E-state index in [1.807, 2.05) is 31.6 Å². The lowest BCUT2D eigenvalue weighted by atomic mass is 10.3. The van der Waals surface area contributed by atoms with Gasteiger partial charge >= 0.3 is 0 Å². The highest BCUT2D eigenvalue weighted by atomic mass is 16.5. The number of nitrogens with zero attached hydrogens (tertiary/aromatic N) is 3. The molecule has 1 aliphatic rings. The summed E-state index contributed by atoms with van der Waals surface area (Å²) < 4.78 is 7.44. The topological polar surface area (TPSA) is 78.0 Å². The van der Waals surface area contributed by atoms with E-state index in [2.05, 4.69) is 15.4 Å². The number of hydrogen-bond acceptors (Lipinski definition) is 5. The number of rotatable bonds is 6. The maximum absolute atomic E-state index is 5.88. The molecule has 6 nitrogen and oxygen atoms in total. The van der Waals surface area contributed by atoms with E-state index in [1.54, 1.807) is 4.68 Å². The fraction of sp³-hybridized carbons (Fsp3) is 0.429. The molecule has 1 fully saturated rings. The van der Waals surface area contributed by atoms with Crippen molar-refractivity contribution in [2.45, 2.75) is 19.4 Å². The van der Waals surface area contributed by atoms with Crippen molar-refractivity contribution in [2.75, 3.05) is 17.7 Å². The van der Waals surface area contributed by atoms with Crippen LogP contribution >= 0.6 is 0 Å². The number of anilines is 2. The first-order valence-corrected chi connectivity index (χ1v) is 6.81. The van der Waals surface area contributed by atoms with Crippen molar-refractivity contribution in [1.29, 1.82) is 0 Å². The van der Waals surface area contributed by atoms with E-state index in [4.69, 9.17) is 10.5 Å². The predicted molar refractivity (Wildman–Crippen MR) is 77.4 cm³/mol. The van der Waals surface area contributed by atoms with Gasteiger partial charge in [0.2, 0.25) is 5.88 Å². The highest BCUT2D eigenvalue weighted by molar-refractivity contribution is 5.53. The van der Waals surface area contributed by atoms with Gasteiger partial charge in [-0.25, -0.2) is 0 Å². The average Bonchev–Trinajstić information content (AvgIpc) is 3.18. The molecule has 2 heterocycles. The Morgan fingerprint density at radius 2 is 2.30 bits per heavy atom. The molecular formula is C14H19N5O. The van der Waals surface area contributed by atoms with E-state index in [-0.39, 0.29) is 0 Å². The van der Waals surface area contributed by atoms with Crippen molar-refractivity contribution in [1.82, 2.24) is 14.8 Å². The SMILES string of the molecule is Cn1cc(CNc2ccc(N)c(OCC3CC3)n2)cn1. The van der Waals surface area contributed by atoms with Crippen molar-refractivity contribution in [3.8, 4) is 5.88 Å². The lowest BCUT2D eigenvalue weighted by Crippen LogP contribution is -2.06. The lowest BCUT2D eigenvalue weighted by molar-refractivity contribution is 0.290. The summed E-state index contributed by atoms with van der Waals surface area (Å²) in [5.41, 5.74) is 7.56. The Labute approximate surface area is 118 Å². The van der Waals surface area contributed by atoms with Crippen LogP contribution in [0.15, 0.2) is 24.5 Å². The summed E-state index contributed by atoms with van der Waals surface area (Å²) in [5, 5.41) is 7.37. The number of pyridine rings is 1. The first kappa shape index (κ1) is 12.8. The molecule has 0 spiro atoms. The molecule has 0 radical (unpaired) electrons. The summed E-state index contributed by atoms with van der Waals surface area (Å²) in [5.74, 6) is 1.96. The molecule has 2 aromatic heterocycles. The number of nitrogen functional groups attached to an aromatic ring is 1. The smallest absolute Gasteiger partial charge is 0.239 e. The van der Waals surface area contributed by atoms with Crippen LogP contribution in [0.3, 0.4) is 0 Å². The van der Waals surface area contributed by atoms with Crippen LogP contribution in [0.25, 0.3) is 0 Å². The summed E-state index contributed by atoms with van der Waals surface area (Å²) in [6, 6.07) is 3.68. The van der Waals surface area contributed by atoms with E-state index in [9.17, 15) is 0 Å². The van der Waals surface area contributed by atoms with Crippen molar-refractivity contribution >= 4 is 11.5 Å². The molecule has 1 saturated carbocycles. The summed E-state index contributed by atoms with van der Waals surface area (Å²) in [7, 11) is 1.90. The van der Waals surface area contributed by atoms with E-state index in [0.717, 1.165) is 11.4 Å². The highest BCUT2D eigenvalue weighted by Gasteiger charge is 2.22. The number of nitrogens with two attached hydrogens (primary N) is 1. The number of hydrogen-bond donors (Lipinski definition) is 2. The summed E-state index contributed by atoms with van der Waals surface area (Å²) in [4.78, 5) is 4.41. The molecule has 0 bridgehead atoms. The molecule has 0 saturated heterocycles. The molecular weight excluding hydrogens is 254 g/mol. The fourth-order valence-electron chi connectivity index (χ4n) is 1.90. The Bertz CT molecular complexity index is 591.